The van der Waals surface area contributed by atoms with Crippen LogP contribution in [-0.4, -0.2) is 52.5 Å². The molecule has 1 aromatic carbocycles. The van der Waals surface area contributed by atoms with Gasteiger partial charge in [-0.25, -0.2) is 0 Å². The Morgan fingerprint density at radius 1 is 1.18 bits per heavy atom. The van der Waals surface area contributed by atoms with Crippen LogP contribution in [0, 0.1) is 18.8 Å². The lowest BCUT2D eigenvalue weighted by atomic mass is 9.74. The number of aryl methyl sites for hydroxylation is 1. The molecule has 0 radical (unpaired) electrons. The Bertz CT molecular complexity index is 1050. The highest BCUT2D eigenvalue weighted by atomic mass is 35.5. The molecule has 1 spiro atoms. The minimum atomic E-state index is -1.13. The normalized spacial score (nSPS) is 32.4. The molecule has 3 aliphatic heterocycles. The van der Waals surface area contributed by atoms with Crippen LogP contribution in [-0.2, 0) is 19.1 Å². The molecule has 4 aliphatic rings. The van der Waals surface area contributed by atoms with Gasteiger partial charge in [-0.2, -0.15) is 0 Å². The van der Waals surface area contributed by atoms with Gasteiger partial charge >= 0.3 is 0 Å². The van der Waals surface area contributed by atoms with Gasteiger partial charge in [-0.15, -0.1) is 0 Å². The van der Waals surface area contributed by atoms with Crippen LogP contribution in [0.4, 0.5) is 5.69 Å². The van der Waals surface area contributed by atoms with Crippen molar-refractivity contribution in [2.24, 2.45) is 11.8 Å². The van der Waals surface area contributed by atoms with Crippen LogP contribution in [0.5, 0.6) is 0 Å². The summed E-state index contributed by atoms with van der Waals surface area (Å²) in [5, 5.41) is 6.66. The molecule has 8 heteroatoms. The number of hydrogen-bond acceptors (Lipinski definition) is 4. The fourth-order valence-electron chi connectivity index (χ4n) is 6.18. The second-order valence-electron chi connectivity index (χ2n) is 10.3. The summed E-state index contributed by atoms with van der Waals surface area (Å²) in [5.41, 5.74) is 0.354. The molecule has 2 bridgehead atoms. The summed E-state index contributed by atoms with van der Waals surface area (Å²) in [5.74, 6) is -2.15. The van der Waals surface area contributed by atoms with Gasteiger partial charge in [0.2, 0.25) is 17.7 Å². The third-order valence-corrected chi connectivity index (χ3v) is 8.22. The Labute approximate surface area is 205 Å². The SMILES string of the molecule is Cc1ccc(NC(=O)[C@@H]2[C@H]3C=C[C@@]4(O3)[C@H]2C(=O)N(C(C)C)[C@@H]4C(=O)NC2CCCCC2)cc1Cl. The van der Waals surface area contributed by atoms with Gasteiger partial charge in [-0.1, -0.05) is 49.1 Å². The third kappa shape index (κ3) is 3.64. The average molecular weight is 486 g/mol. The van der Waals surface area contributed by atoms with Gasteiger partial charge in [0, 0.05) is 22.8 Å². The average Bonchev–Trinajstić information content (AvgIpc) is 3.44. The maximum atomic E-state index is 13.7. The summed E-state index contributed by atoms with van der Waals surface area (Å²) in [6, 6.07) is 4.45. The van der Waals surface area contributed by atoms with Crippen LogP contribution in [0.15, 0.2) is 30.4 Å². The van der Waals surface area contributed by atoms with Gasteiger partial charge in [0.15, 0.2) is 0 Å². The predicted molar refractivity (Wildman–Crippen MR) is 129 cm³/mol. The number of anilines is 1. The summed E-state index contributed by atoms with van der Waals surface area (Å²) in [7, 11) is 0. The molecule has 5 rings (SSSR count). The number of halogens is 1. The van der Waals surface area contributed by atoms with E-state index in [0.29, 0.717) is 10.7 Å². The zero-order valence-electron chi connectivity index (χ0n) is 19.8. The van der Waals surface area contributed by atoms with E-state index in [9.17, 15) is 14.4 Å². The van der Waals surface area contributed by atoms with Crippen LogP contribution < -0.4 is 10.6 Å². The molecular formula is C26H32ClN3O4. The van der Waals surface area contributed by atoms with E-state index in [-0.39, 0.29) is 29.8 Å². The van der Waals surface area contributed by atoms with Crippen LogP contribution in [0.3, 0.4) is 0 Å². The molecule has 2 saturated heterocycles. The second kappa shape index (κ2) is 8.68. The summed E-state index contributed by atoms with van der Waals surface area (Å²) in [6.45, 7) is 5.69. The predicted octanol–water partition coefficient (Wildman–Crippen LogP) is 3.59. The van der Waals surface area contributed by atoms with Gasteiger partial charge in [-0.3, -0.25) is 14.4 Å². The highest BCUT2D eigenvalue weighted by Gasteiger charge is 2.73. The minimum Gasteiger partial charge on any atom is -0.359 e. The quantitative estimate of drug-likeness (QED) is 0.624. The zero-order chi connectivity index (χ0) is 24.2. The first-order chi connectivity index (χ1) is 16.2. The van der Waals surface area contributed by atoms with Crippen molar-refractivity contribution in [2.75, 3.05) is 5.32 Å². The number of rotatable bonds is 5. The first kappa shape index (κ1) is 23.4. The number of carbonyl (C=O) groups is 3. The molecule has 5 atom stereocenters. The van der Waals surface area contributed by atoms with Crippen molar-refractivity contribution in [1.82, 2.24) is 10.2 Å². The Morgan fingerprint density at radius 2 is 1.91 bits per heavy atom. The zero-order valence-corrected chi connectivity index (χ0v) is 20.6. The van der Waals surface area contributed by atoms with Crippen LogP contribution in [0.1, 0.15) is 51.5 Å². The molecule has 182 valence electrons. The van der Waals surface area contributed by atoms with Gasteiger partial charge in [0.25, 0.3) is 0 Å². The fraction of sp³-hybridized carbons (Fsp3) is 0.577. The molecule has 1 saturated carbocycles. The van der Waals surface area contributed by atoms with E-state index in [1.54, 1.807) is 17.0 Å². The Kier molecular flexibility index (Phi) is 5.97. The molecule has 1 aliphatic carbocycles. The van der Waals surface area contributed by atoms with Crippen molar-refractivity contribution in [2.45, 2.75) is 82.7 Å². The summed E-state index contributed by atoms with van der Waals surface area (Å²) < 4.78 is 6.35. The van der Waals surface area contributed by atoms with Crippen LogP contribution in [0.2, 0.25) is 5.02 Å². The Morgan fingerprint density at radius 3 is 2.59 bits per heavy atom. The summed E-state index contributed by atoms with van der Waals surface area (Å²) >= 11 is 6.23. The number of amides is 3. The summed E-state index contributed by atoms with van der Waals surface area (Å²) in [4.78, 5) is 42.4. The number of benzene rings is 1. The third-order valence-electron chi connectivity index (χ3n) is 7.81. The minimum absolute atomic E-state index is 0.119. The monoisotopic (exact) mass is 485 g/mol. The van der Waals surface area contributed by atoms with E-state index in [4.69, 9.17) is 16.3 Å². The fourth-order valence-corrected chi connectivity index (χ4v) is 6.37. The van der Waals surface area contributed by atoms with Gasteiger partial charge in [0.1, 0.15) is 11.6 Å². The van der Waals surface area contributed by atoms with E-state index >= 15 is 0 Å². The second-order valence-corrected chi connectivity index (χ2v) is 10.7. The standard InChI is InChI=1S/C26H32ClN3O4/c1-14(2)30-22(24(32)28-16-7-5-4-6-8-16)26-12-11-19(34-26)20(21(26)25(30)33)23(31)29-17-10-9-15(3)18(27)13-17/h9-14,16,19-22H,4-8H2,1-3H3,(H,28,32)(H,29,31)/t19-,20-,21-,22-,26-/m1/s1. The maximum Gasteiger partial charge on any atom is 0.246 e. The lowest BCUT2D eigenvalue weighted by molar-refractivity contribution is -0.143. The maximum absolute atomic E-state index is 13.7. The highest BCUT2D eigenvalue weighted by molar-refractivity contribution is 6.31. The molecule has 1 aromatic rings. The van der Waals surface area contributed by atoms with Gasteiger partial charge in [-0.05, 0) is 51.3 Å². The molecule has 34 heavy (non-hydrogen) atoms. The number of nitrogens with zero attached hydrogens (tertiary/aromatic N) is 1. The van der Waals surface area contributed by atoms with Crippen molar-refractivity contribution < 1.29 is 19.1 Å². The number of nitrogens with one attached hydrogen (secondary N) is 2. The van der Waals surface area contributed by atoms with Crippen molar-refractivity contribution in [3.05, 3.63) is 40.9 Å². The number of likely N-dealkylation sites (tertiary alicyclic amines) is 1. The van der Waals surface area contributed by atoms with Crippen LogP contribution >= 0.6 is 11.6 Å². The lowest BCUT2D eigenvalue weighted by Crippen LogP contribution is -2.57. The van der Waals surface area contributed by atoms with Gasteiger partial charge < -0.3 is 20.3 Å². The topological polar surface area (TPSA) is 87.7 Å². The number of carbonyl (C=O) groups excluding carboxylic acids is 3. The molecule has 7 nitrogen and oxygen atoms in total. The molecule has 3 amide bonds. The Hall–Kier alpha value is -2.38. The van der Waals surface area contributed by atoms with Crippen LogP contribution in [0.25, 0.3) is 0 Å². The lowest BCUT2D eigenvalue weighted by Gasteiger charge is -2.35. The molecule has 0 unspecified atom stereocenters. The summed E-state index contributed by atoms with van der Waals surface area (Å²) in [6.07, 6.45) is 8.42. The largest absolute Gasteiger partial charge is 0.359 e. The van der Waals surface area contributed by atoms with Gasteiger partial charge in [0.05, 0.1) is 17.9 Å². The van der Waals surface area contributed by atoms with Crippen molar-refractivity contribution >= 4 is 35.0 Å². The van der Waals surface area contributed by atoms with Crippen molar-refractivity contribution in [1.29, 1.82) is 0 Å². The molecular weight excluding hydrogens is 454 g/mol. The van der Waals surface area contributed by atoms with E-state index in [0.717, 1.165) is 31.2 Å². The first-order valence-corrected chi connectivity index (χ1v) is 12.7. The van der Waals surface area contributed by atoms with E-state index in [2.05, 4.69) is 10.6 Å². The van der Waals surface area contributed by atoms with E-state index in [1.165, 1.54) is 6.42 Å². The first-order valence-electron chi connectivity index (χ1n) is 12.3. The number of ether oxygens (including phenoxy) is 1. The van der Waals surface area contributed by atoms with Crippen molar-refractivity contribution in [3.63, 3.8) is 0 Å². The molecule has 3 fully saturated rings. The highest BCUT2D eigenvalue weighted by Crippen LogP contribution is 2.55. The Balaban J connectivity index is 1.43. The van der Waals surface area contributed by atoms with E-state index in [1.807, 2.05) is 39.0 Å². The number of fused-ring (bicyclic) bond motifs is 1. The smallest absolute Gasteiger partial charge is 0.246 e. The number of hydrogen-bond donors (Lipinski definition) is 2. The molecule has 2 N–H and O–H groups in total. The molecule has 3 heterocycles. The van der Waals surface area contributed by atoms with E-state index < -0.39 is 29.6 Å². The van der Waals surface area contributed by atoms with Crippen molar-refractivity contribution in [3.8, 4) is 0 Å². The molecule has 0 aromatic heterocycles.